The van der Waals surface area contributed by atoms with Crippen LogP contribution < -0.4 is 0 Å². The summed E-state index contributed by atoms with van der Waals surface area (Å²) in [7, 11) is 0. The first-order chi connectivity index (χ1) is 11.1. The molecule has 1 aromatic carbocycles. The third-order valence-corrected chi connectivity index (χ3v) is 5.35. The predicted molar refractivity (Wildman–Crippen MR) is 96.8 cm³/mol. The van der Waals surface area contributed by atoms with E-state index in [0.29, 0.717) is 9.23 Å². The molecular formula is C17H18N2O2S2. The Balaban J connectivity index is 1.69. The molecule has 2 amide bonds. The first-order valence-electron chi connectivity index (χ1n) is 7.73. The molecule has 0 saturated carbocycles. The molecule has 0 aromatic heterocycles. The normalized spacial score (nSPS) is 20.4. The highest BCUT2D eigenvalue weighted by atomic mass is 32.2. The van der Waals surface area contributed by atoms with Gasteiger partial charge in [0.05, 0.1) is 4.91 Å². The monoisotopic (exact) mass is 346 g/mol. The summed E-state index contributed by atoms with van der Waals surface area (Å²) in [5.74, 6) is -0.184. The third-order valence-electron chi connectivity index (χ3n) is 3.97. The highest BCUT2D eigenvalue weighted by Gasteiger charge is 2.34. The Bertz CT molecular complexity index is 652. The number of hydrogen-bond donors (Lipinski definition) is 0. The van der Waals surface area contributed by atoms with Crippen molar-refractivity contribution in [1.29, 1.82) is 0 Å². The minimum absolute atomic E-state index is 0.0121. The van der Waals surface area contributed by atoms with Crippen LogP contribution in [0.15, 0.2) is 35.2 Å². The first-order valence-corrected chi connectivity index (χ1v) is 8.96. The average Bonchev–Trinajstić information content (AvgIpc) is 2.84. The van der Waals surface area contributed by atoms with E-state index in [-0.39, 0.29) is 18.4 Å². The smallest absolute Gasteiger partial charge is 0.266 e. The minimum atomic E-state index is -0.172. The third kappa shape index (κ3) is 3.82. The van der Waals surface area contributed by atoms with Crippen LogP contribution in [0.3, 0.4) is 0 Å². The molecule has 0 spiro atoms. The van der Waals surface area contributed by atoms with Gasteiger partial charge in [-0.05, 0) is 30.9 Å². The van der Waals surface area contributed by atoms with Gasteiger partial charge in [-0.25, -0.2) is 0 Å². The van der Waals surface area contributed by atoms with E-state index in [1.807, 2.05) is 41.3 Å². The van der Waals surface area contributed by atoms with Crippen LogP contribution in [-0.2, 0) is 9.59 Å². The van der Waals surface area contributed by atoms with E-state index in [0.717, 1.165) is 31.5 Å². The molecular weight excluding hydrogens is 328 g/mol. The van der Waals surface area contributed by atoms with Crippen LogP contribution in [0.25, 0.3) is 6.08 Å². The Labute approximate surface area is 145 Å². The molecule has 0 radical (unpaired) electrons. The van der Waals surface area contributed by atoms with Crippen molar-refractivity contribution in [3.63, 3.8) is 0 Å². The van der Waals surface area contributed by atoms with Gasteiger partial charge < -0.3 is 4.90 Å². The molecule has 2 aliphatic rings. The van der Waals surface area contributed by atoms with E-state index in [2.05, 4.69) is 0 Å². The lowest BCUT2D eigenvalue weighted by Crippen LogP contribution is -2.44. The lowest BCUT2D eigenvalue weighted by Gasteiger charge is -2.28. The maximum absolute atomic E-state index is 12.5. The van der Waals surface area contributed by atoms with Crippen molar-refractivity contribution in [3.8, 4) is 0 Å². The summed E-state index contributed by atoms with van der Waals surface area (Å²) < 4.78 is 0.461. The van der Waals surface area contributed by atoms with Crippen LogP contribution in [0, 0.1) is 0 Å². The van der Waals surface area contributed by atoms with Crippen molar-refractivity contribution in [2.45, 2.75) is 19.3 Å². The molecule has 3 rings (SSSR count). The van der Waals surface area contributed by atoms with Crippen molar-refractivity contribution < 1.29 is 9.59 Å². The van der Waals surface area contributed by atoms with E-state index in [9.17, 15) is 9.59 Å². The van der Waals surface area contributed by atoms with E-state index in [4.69, 9.17) is 12.2 Å². The molecule has 23 heavy (non-hydrogen) atoms. The van der Waals surface area contributed by atoms with Gasteiger partial charge in [0.1, 0.15) is 10.9 Å². The van der Waals surface area contributed by atoms with Crippen LogP contribution in [-0.4, -0.2) is 45.6 Å². The Morgan fingerprint density at radius 1 is 1.17 bits per heavy atom. The van der Waals surface area contributed by atoms with E-state index < -0.39 is 0 Å². The molecule has 2 fully saturated rings. The molecule has 0 N–H and O–H groups in total. The largest absolute Gasteiger partial charge is 0.341 e. The van der Waals surface area contributed by atoms with Gasteiger partial charge >= 0.3 is 0 Å². The maximum atomic E-state index is 12.5. The highest BCUT2D eigenvalue weighted by Crippen LogP contribution is 2.32. The quantitative estimate of drug-likeness (QED) is 0.623. The average molecular weight is 346 g/mol. The maximum Gasteiger partial charge on any atom is 0.266 e. The summed E-state index contributed by atoms with van der Waals surface area (Å²) in [4.78, 5) is 28.7. The minimum Gasteiger partial charge on any atom is -0.341 e. The fourth-order valence-electron chi connectivity index (χ4n) is 2.72. The number of rotatable bonds is 3. The zero-order chi connectivity index (χ0) is 16.2. The molecule has 0 unspecified atom stereocenters. The second-order valence-corrected chi connectivity index (χ2v) is 7.30. The number of likely N-dealkylation sites (tertiary alicyclic amines) is 1. The molecule has 2 heterocycles. The molecule has 120 valence electrons. The lowest BCUT2D eigenvalue weighted by molar-refractivity contribution is -0.136. The Morgan fingerprint density at radius 3 is 2.57 bits per heavy atom. The van der Waals surface area contributed by atoms with Crippen molar-refractivity contribution >= 4 is 46.2 Å². The van der Waals surface area contributed by atoms with Crippen molar-refractivity contribution in [2.24, 2.45) is 0 Å². The number of thiocarbonyl (C=S) groups is 1. The van der Waals surface area contributed by atoms with Crippen molar-refractivity contribution in [1.82, 2.24) is 9.80 Å². The van der Waals surface area contributed by atoms with Crippen LogP contribution in [0.5, 0.6) is 0 Å². The molecule has 2 aliphatic heterocycles. The number of amides is 2. The van der Waals surface area contributed by atoms with Gasteiger partial charge in [-0.2, -0.15) is 0 Å². The van der Waals surface area contributed by atoms with Crippen molar-refractivity contribution in [2.75, 3.05) is 19.6 Å². The van der Waals surface area contributed by atoms with Crippen LogP contribution >= 0.6 is 24.0 Å². The molecule has 2 saturated heterocycles. The summed E-state index contributed by atoms with van der Waals surface area (Å²) in [5, 5.41) is 0. The topological polar surface area (TPSA) is 40.6 Å². The van der Waals surface area contributed by atoms with Crippen molar-refractivity contribution in [3.05, 3.63) is 40.8 Å². The lowest BCUT2D eigenvalue weighted by atomic mass is 10.1. The highest BCUT2D eigenvalue weighted by molar-refractivity contribution is 8.26. The van der Waals surface area contributed by atoms with Gasteiger partial charge in [0.15, 0.2) is 0 Å². The number of carbonyl (C=O) groups excluding carboxylic acids is 2. The number of hydrogen-bond acceptors (Lipinski definition) is 4. The van der Waals surface area contributed by atoms with Gasteiger partial charge in [-0.15, -0.1) is 0 Å². The predicted octanol–water partition coefficient (Wildman–Crippen LogP) is 2.90. The Morgan fingerprint density at radius 2 is 1.87 bits per heavy atom. The summed E-state index contributed by atoms with van der Waals surface area (Å²) in [6.07, 6.45) is 5.07. The molecule has 0 aliphatic carbocycles. The second kappa shape index (κ2) is 7.27. The molecule has 4 nitrogen and oxygen atoms in total. The molecule has 1 aromatic rings. The molecule has 6 heteroatoms. The van der Waals surface area contributed by atoms with Crippen LogP contribution in [0.2, 0.25) is 0 Å². The number of benzene rings is 1. The summed E-state index contributed by atoms with van der Waals surface area (Å²) in [5.41, 5.74) is 0.954. The standard InChI is InChI=1S/C17H18N2O2S2/c20-15(18-9-5-2-6-10-18)12-19-16(21)14(23-17(19)22)11-13-7-3-1-4-8-13/h1,3-4,7-8,11H,2,5-6,9-10,12H2. The summed E-state index contributed by atoms with van der Waals surface area (Å²) in [6.45, 7) is 1.62. The molecule has 0 atom stereocenters. The number of carbonyl (C=O) groups is 2. The fraction of sp³-hybridized carbons (Fsp3) is 0.353. The van der Waals surface area contributed by atoms with Crippen LogP contribution in [0.4, 0.5) is 0 Å². The first kappa shape index (κ1) is 16.2. The SMILES string of the molecule is O=C(CN1C(=O)C(=Cc2ccccc2)SC1=S)N1CCCCC1. The zero-order valence-electron chi connectivity index (χ0n) is 12.7. The summed E-state index contributed by atoms with van der Waals surface area (Å²) in [6, 6.07) is 9.65. The zero-order valence-corrected chi connectivity index (χ0v) is 14.4. The Hall–Kier alpha value is -1.66. The number of nitrogens with zero attached hydrogens (tertiary/aromatic N) is 2. The molecule has 0 bridgehead atoms. The number of thioether (sulfide) groups is 1. The fourth-order valence-corrected chi connectivity index (χ4v) is 3.97. The van der Waals surface area contributed by atoms with Gasteiger partial charge in [0.25, 0.3) is 5.91 Å². The Kier molecular flexibility index (Phi) is 5.13. The second-order valence-electron chi connectivity index (χ2n) is 5.62. The van der Waals surface area contributed by atoms with Gasteiger partial charge in [-0.3, -0.25) is 14.5 Å². The van der Waals surface area contributed by atoms with Gasteiger partial charge in [-0.1, -0.05) is 54.3 Å². The number of piperidine rings is 1. The van der Waals surface area contributed by atoms with Gasteiger partial charge in [0, 0.05) is 13.1 Å². The van der Waals surface area contributed by atoms with Gasteiger partial charge in [0.2, 0.25) is 5.91 Å². The van der Waals surface area contributed by atoms with Crippen LogP contribution in [0.1, 0.15) is 24.8 Å². The van der Waals surface area contributed by atoms with E-state index in [1.165, 1.54) is 23.1 Å². The van der Waals surface area contributed by atoms with E-state index >= 15 is 0 Å². The van der Waals surface area contributed by atoms with E-state index in [1.54, 1.807) is 0 Å². The summed E-state index contributed by atoms with van der Waals surface area (Å²) >= 11 is 6.55.